The molecular formula is C15H15NOS. The minimum Gasteiger partial charge on any atom is -0.333 e. The molecule has 0 fully saturated rings. The van der Waals surface area contributed by atoms with Gasteiger partial charge in [-0.1, -0.05) is 67.2 Å². The topological polar surface area (TPSA) is 20.3 Å². The fourth-order valence-corrected chi connectivity index (χ4v) is 1.85. The Kier molecular flexibility index (Phi) is 4.05. The first-order valence-corrected chi connectivity index (χ1v) is 6.20. The summed E-state index contributed by atoms with van der Waals surface area (Å²) in [7, 11) is 1.74. The number of hydrogen-bond donors (Lipinski definition) is 1. The van der Waals surface area contributed by atoms with E-state index in [4.69, 9.17) is 0 Å². The SMILES string of the molecule is CN(Cc1ccc(-c2ccccc2)cc1)C(=O)S. The van der Waals surface area contributed by atoms with Crippen LogP contribution in [0.3, 0.4) is 0 Å². The van der Waals surface area contributed by atoms with Gasteiger partial charge in [0.2, 0.25) is 0 Å². The molecule has 0 bridgehead atoms. The molecule has 0 heterocycles. The number of amides is 1. The van der Waals surface area contributed by atoms with Gasteiger partial charge in [0.25, 0.3) is 5.24 Å². The smallest absolute Gasteiger partial charge is 0.278 e. The maximum absolute atomic E-state index is 11.0. The number of thiol groups is 1. The summed E-state index contributed by atoms with van der Waals surface area (Å²) in [5.74, 6) is 0. The van der Waals surface area contributed by atoms with Crippen molar-refractivity contribution in [1.29, 1.82) is 0 Å². The van der Waals surface area contributed by atoms with E-state index in [0.717, 1.165) is 5.56 Å². The molecule has 1 amide bonds. The van der Waals surface area contributed by atoms with Crippen LogP contribution in [0.1, 0.15) is 5.56 Å². The van der Waals surface area contributed by atoms with Crippen LogP contribution in [0, 0.1) is 0 Å². The lowest BCUT2D eigenvalue weighted by Crippen LogP contribution is -2.19. The van der Waals surface area contributed by atoms with Crippen molar-refractivity contribution in [3.05, 3.63) is 60.2 Å². The highest BCUT2D eigenvalue weighted by atomic mass is 32.1. The predicted molar refractivity (Wildman–Crippen MR) is 77.7 cm³/mol. The Balaban J connectivity index is 2.13. The first-order valence-electron chi connectivity index (χ1n) is 5.75. The van der Waals surface area contributed by atoms with E-state index in [2.05, 4.69) is 36.9 Å². The van der Waals surface area contributed by atoms with Gasteiger partial charge < -0.3 is 4.90 Å². The number of carbonyl (C=O) groups excluding carboxylic acids is 1. The Morgan fingerprint density at radius 2 is 1.56 bits per heavy atom. The van der Waals surface area contributed by atoms with Crippen LogP contribution in [0.2, 0.25) is 0 Å². The quantitative estimate of drug-likeness (QED) is 0.828. The van der Waals surface area contributed by atoms with Crippen LogP contribution in [0.4, 0.5) is 4.79 Å². The molecule has 3 heteroatoms. The molecule has 0 saturated carbocycles. The maximum atomic E-state index is 11.0. The molecule has 92 valence electrons. The summed E-state index contributed by atoms with van der Waals surface area (Å²) >= 11 is 3.79. The molecule has 0 aliphatic heterocycles. The van der Waals surface area contributed by atoms with Gasteiger partial charge in [0.15, 0.2) is 0 Å². The van der Waals surface area contributed by atoms with Crippen LogP contribution in [-0.4, -0.2) is 17.2 Å². The Morgan fingerprint density at radius 1 is 1.00 bits per heavy atom. The van der Waals surface area contributed by atoms with E-state index in [9.17, 15) is 4.79 Å². The molecule has 0 aliphatic rings. The summed E-state index contributed by atoms with van der Waals surface area (Å²) in [5, 5.41) is -0.220. The molecule has 0 radical (unpaired) electrons. The van der Waals surface area contributed by atoms with Crippen LogP contribution in [-0.2, 0) is 6.54 Å². The van der Waals surface area contributed by atoms with E-state index in [0.29, 0.717) is 6.54 Å². The van der Waals surface area contributed by atoms with Crippen molar-refractivity contribution in [2.75, 3.05) is 7.05 Å². The molecule has 0 N–H and O–H groups in total. The van der Waals surface area contributed by atoms with Crippen molar-refractivity contribution in [2.24, 2.45) is 0 Å². The highest BCUT2D eigenvalue weighted by molar-refractivity contribution is 7.96. The second-order valence-corrected chi connectivity index (χ2v) is 4.58. The third kappa shape index (κ3) is 3.14. The van der Waals surface area contributed by atoms with E-state index < -0.39 is 0 Å². The first-order chi connectivity index (χ1) is 8.66. The minimum atomic E-state index is -0.220. The van der Waals surface area contributed by atoms with E-state index in [1.54, 1.807) is 11.9 Å². The zero-order valence-electron chi connectivity index (χ0n) is 10.2. The molecule has 2 rings (SSSR count). The Labute approximate surface area is 113 Å². The number of carbonyl (C=O) groups is 1. The number of rotatable bonds is 3. The van der Waals surface area contributed by atoms with Crippen LogP contribution in [0.5, 0.6) is 0 Å². The average molecular weight is 257 g/mol. The lowest BCUT2D eigenvalue weighted by atomic mass is 10.0. The van der Waals surface area contributed by atoms with Crippen LogP contribution >= 0.6 is 12.6 Å². The average Bonchev–Trinajstić information content (AvgIpc) is 2.40. The molecule has 0 aliphatic carbocycles. The summed E-state index contributed by atoms with van der Waals surface area (Å²) in [6.07, 6.45) is 0. The summed E-state index contributed by atoms with van der Waals surface area (Å²) in [6, 6.07) is 18.4. The summed E-state index contributed by atoms with van der Waals surface area (Å²) in [5.41, 5.74) is 3.47. The minimum absolute atomic E-state index is 0.220. The van der Waals surface area contributed by atoms with Crippen molar-refractivity contribution in [3.8, 4) is 11.1 Å². The molecule has 0 saturated heterocycles. The molecule has 18 heavy (non-hydrogen) atoms. The Bertz CT molecular complexity index is 522. The van der Waals surface area contributed by atoms with Crippen LogP contribution in [0.15, 0.2) is 54.6 Å². The zero-order chi connectivity index (χ0) is 13.0. The van der Waals surface area contributed by atoms with Gasteiger partial charge in [-0.25, -0.2) is 0 Å². The number of benzene rings is 2. The monoisotopic (exact) mass is 257 g/mol. The molecule has 2 nitrogen and oxygen atoms in total. The molecular weight excluding hydrogens is 242 g/mol. The second kappa shape index (κ2) is 5.74. The first kappa shape index (κ1) is 12.7. The van der Waals surface area contributed by atoms with Gasteiger partial charge in [0, 0.05) is 13.6 Å². The van der Waals surface area contributed by atoms with Crippen molar-refractivity contribution < 1.29 is 4.79 Å². The van der Waals surface area contributed by atoms with Gasteiger partial charge >= 0.3 is 0 Å². The van der Waals surface area contributed by atoms with Gasteiger partial charge in [0.05, 0.1) is 0 Å². The largest absolute Gasteiger partial charge is 0.333 e. The lowest BCUT2D eigenvalue weighted by Gasteiger charge is -2.14. The fourth-order valence-electron chi connectivity index (χ4n) is 1.77. The van der Waals surface area contributed by atoms with Gasteiger partial charge in [-0.2, -0.15) is 0 Å². The summed E-state index contributed by atoms with van der Waals surface area (Å²) < 4.78 is 0. The second-order valence-electron chi connectivity index (χ2n) is 4.20. The van der Waals surface area contributed by atoms with E-state index in [-0.39, 0.29) is 5.24 Å². The van der Waals surface area contributed by atoms with Gasteiger partial charge in [-0.15, -0.1) is 0 Å². The Hall–Kier alpha value is -1.74. The van der Waals surface area contributed by atoms with E-state index in [1.807, 2.05) is 30.3 Å². The highest BCUT2D eigenvalue weighted by Crippen LogP contribution is 2.19. The third-order valence-electron chi connectivity index (χ3n) is 2.81. The summed E-state index contributed by atoms with van der Waals surface area (Å²) in [6.45, 7) is 0.581. The van der Waals surface area contributed by atoms with E-state index in [1.165, 1.54) is 11.1 Å². The Morgan fingerprint density at radius 3 is 2.11 bits per heavy atom. The number of nitrogens with zero attached hydrogens (tertiary/aromatic N) is 1. The van der Waals surface area contributed by atoms with Crippen molar-refractivity contribution in [1.82, 2.24) is 4.90 Å². The van der Waals surface area contributed by atoms with Gasteiger partial charge in [-0.05, 0) is 16.7 Å². The maximum Gasteiger partial charge on any atom is 0.278 e. The van der Waals surface area contributed by atoms with Crippen LogP contribution in [0.25, 0.3) is 11.1 Å². The molecule has 2 aromatic rings. The summed E-state index contributed by atoms with van der Waals surface area (Å²) in [4.78, 5) is 12.6. The number of hydrogen-bond acceptors (Lipinski definition) is 1. The zero-order valence-corrected chi connectivity index (χ0v) is 11.1. The van der Waals surface area contributed by atoms with Gasteiger partial charge in [0.1, 0.15) is 0 Å². The molecule has 2 aromatic carbocycles. The van der Waals surface area contributed by atoms with Crippen molar-refractivity contribution in [3.63, 3.8) is 0 Å². The van der Waals surface area contributed by atoms with Gasteiger partial charge in [-0.3, -0.25) is 4.79 Å². The molecule has 0 aromatic heterocycles. The predicted octanol–water partition coefficient (Wildman–Crippen LogP) is 3.84. The molecule has 0 atom stereocenters. The lowest BCUT2D eigenvalue weighted by molar-refractivity contribution is 0.232. The highest BCUT2D eigenvalue weighted by Gasteiger charge is 2.04. The van der Waals surface area contributed by atoms with Crippen molar-refractivity contribution in [2.45, 2.75) is 6.54 Å². The van der Waals surface area contributed by atoms with E-state index >= 15 is 0 Å². The normalized spacial score (nSPS) is 10.1. The molecule has 0 unspecified atom stereocenters. The van der Waals surface area contributed by atoms with Crippen LogP contribution < -0.4 is 0 Å². The fraction of sp³-hybridized carbons (Fsp3) is 0.133. The standard InChI is InChI=1S/C15H15NOS/c1-16(15(17)18)11-12-7-9-14(10-8-12)13-5-3-2-4-6-13/h2-10H,11H2,1H3,(H,17,18). The van der Waals surface area contributed by atoms with Crippen molar-refractivity contribution >= 4 is 17.9 Å². The molecule has 0 spiro atoms. The third-order valence-corrected chi connectivity index (χ3v) is 3.15.